The third-order valence-electron chi connectivity index (χ3n) is 3.30. The van der Waals surface area contributed by atoms with Crippen molar-refractivity contribution in [3.8, 4) is 0 Å². The Hall–Kier alpha value is -2.69. The Morgan fingerprint density at radius 2 is 1.30 bits per heavy atom. The normalized spacial score (nSPS) is 10.6. The standard InChI is InChI=1S/C18H23N3O2/c1-13(2)23-18(22)21(11-14-3-7-16(19)8-4-14)12-15-5-9-17(20)10-6-15/h3-10,13H,11-12,19-20H2,1-2H3. The molecule has 0 aliphatic heterocycles. The third-order valence-corrected chi connectivity index (χ3v) is 3.30. The van der Waals surface area contributed by atoms with Gasteiger partial charge in [-0.2, -0.15) is 0 Å². The lowest BCUT2D eigenvalue weighted by Crippen LogP contribution is -2.32. The van der Waals surface area contributed by atoms with E-state index in [2.05, 4.69) is 0 Å². The van der Waals surface area contributed by atoms with E-state index in [4.69, 9.17) is 16.2 Å². The highest BCUT2D eigenvalue weighted by Crippen LogP contribution is 2.15. The Kier molecular flexibility index (Phi) is 5.46. The van der Waals surface area contributed by atoms with Crippen molar-refractivity contribution in [3.63, 3.8) is 0 Å². The molecule has 0 spiro atoms. The van der Waals surface area contributed by atoms with Gasteiger partial charge in [-0.15, -0.1) is 0 Å². The van der Waals surface area contributed by atoms with Crippen molar-refractivity contribution in [3.05, 3.63) is 59.7 Å². The van der Waals surface area contributed by atoms with E-state index in [1.165, 1.54) is 0 Å². The van der Waals surface area contributed by atoms with E-state index in [1.54, 1.807) is 4.90 Å². The van der Waals surface area contributed by atoms with E-state index in [0.717, 1.165) is 11.1 Å². The summed E-state index contributed by atoms with van der Waals surface area (Å²) in [4.78, 5) is 14.0. The highest BCUT2D eigenvalue weighted by Gasteiger charge is 2.17. The average Bonchev–Trinajstić information content (AvgIpc) is 2.50. The number of carbonyl (C=O) groups excluding carboxylic acids is 1. The summed E-state index contributed by atoms with van der Waals surface area (Å²) in [5, 5.41) is 0. The topological polar surface area (TPSA) is 81.6 Å². The second-order valence-electron chi connectivity index (χ2n) is 5.77. The van der Waals surface area contributed by atoms with Crippen molar-refractivity contribution in [2.75, 3.05) is 11.5 Å². The molecule has 0 heterocycles. The smallest absolute Gasteiger partial charge is 0.410 e. The van der Waals surface area contributed by atoms with Crippen LogP contribution in [0.3, 0.4) is 0 Å². The molecular weight excluding hydrogens is 290 g/mol. The fourth-order valence-corrected chi connectivity index (χ4v) is 2.15. The maximum absolute atomic E-state index is 12.4. The van der Waals surface area contributed by atoms with Gasteiger partial charge >= 0.3 is 6.09 Å². The minimum absolute atomic E-state index is 0.164. The number of benzene rings is 2. The number of amides is 1. The molecule has 0 aromatic heterocycles. The van der Waals surface area contributed by atoms with Crippen LogP contribution in [0.15, 0.2) is 48.5 Å². The molecule has 0 fully saturated rings. The Labute approximate surface area is 136 Å². The maximum atomic E-state index is 12.4. The lowest BCUT2D eigenvalue weighted by Gasteiger charge is -2.23. The van der Waals surface area contributed by atoms with Crippen molar-refractivity contribution in [2.45, 2.75) is 33.0 Å². The fourth-order valence-electron chi connectivity index (χ4n) is 2.15. The molecule has 2 rings (SSSR count). The number of hydrogen-bond donors (Lipinski definition) is 2. The molecule has 0 atom stereocenters. The van der Waals surface area contributed by atoms with Crippen LogP contribution in [0.2, 0.25) is 0 Å². The number of ether oxygens (including phenoxy) is 1. The molecule has 0 aliphatic rings. The number of rotatable bonds is 5. The zero-order chi connectivity index (χ0) is 16.8. The summed E-state index contributed by atoms with van der Waals surface area (Å²) in [6.45, 7) is 4.58. The first-order valence-corrected chi connectivity index (χ1v) is 7.58. The average molecular weight is 313 g/mol. The van der Waals surface area contributed by atoms with Crippen LogP contribution in [0.25, 0.3) is 0 Å². The maximum Gasteiger partial charge on any atom is 0.410 e. The Morgan fingerprint density at radius 3 is 1.65 bits per heavy atom. The van der Waals surface area contributed by atoms with E-state index in [-0.39, 0.29) is 12.2 Å². The molecule has 5 nitrogen and oxygen atoms in total. The van der Waals surface area contributed by atoms with Crippen LogP contribution in [0.4, 0.5) is 16.2 Å². The first-order valence-electron chi connectivity index (χ1n) is 7.58. The second kappa shape index (κ2) is 7.54. The zero-order valence-corrected chi connectivity index (χ0v) is 13.5. The molecule has 5 heteroatoms. The van der Waals surface area contributed by atoms with Crippen molar-refractivity contribution >= 4 is 17.5 Å². The van der Waals surface area contributed by atoms with E-state index in [9.17, 15) is 4.79 Å². The number of nitrogens with zero attached hydrogens (tertiary/aromatic N) is 1. The summed E-state index contributed by atoms with van der Waals surface area (Å²) in [6, 6.07) is 14.9. The van der Waals surface area contributed by atoms with Crippen molar-refractivity contribution in [1.82, 2.24) is 4.90 Å². The Balaban J connectivity index is 2.15. The number of nitrogens with two attached hydrogens (primary N) is 2. The van der Waals surface area contributed by atoms with Gasteiger partial charge in [-0.05, 0) is 49.2 Å². The lowest BCUT2D eigenvalue weighted by molar-refractivity contribution is 0.0722. The molecule has 0 unspecified atom stereocenters. The number of carbonyl (C=O) groups is 1. The Bertz CT molecular complexity index is 589. The summed E-state index contributed by atoms with van der Waals surface area (Å²) in [5.74, 6) is 0. The minimum Gasteiger partial charge on any atom is -0.447 e. The number of hydrogen-bond acceptors (Lipinski definition) is 4. The summed E-state index contributed by atoms with van der Waals surface area (Å²) in [5.41, 5.74) is 14.8. The molecule has 1 amide bonds. The van der Waals surface area contributed by atoms with Gasteiger partial charge < -0.3 is 16.2 Å². The van der Waals surface area contributed by atoms with Crippen LogP contribution < -0.4 is 11.5 Å². The summed E-state index contributed by atoms with van der Waals surface area (Å²) >= 11 is 0. The van der Waals surface area contributed by atoms with Crippen molar-refractivity contribution < 1.29 is 9.53 Å². The van der Waals surface area contributed by atoms with Crippen LogP contribution in [0.1, 0.15) is 25.0 Å². The first kappa shape index (κ1) is 16.7. The van der Waals surface area contributed by atoms with E-state index < -0.39 is 0 Å². The molecule has 0 saturated carbocycles. The third kappa shape index (κ3) is 5.21. The molecule has 0 radical (unpaired) electrons. The molecule has 2 aromatic rings. The van der Waals surface area contributed by atoms with Gasteiger partial charge in [-0.25, -0.2) is 4.79 Å². The van der Waals surface area contributed by atoms with Gasteiger partial charge in [0.1, 0.15) is 0 Å². The van der Waals surface area contributed by atoms with Gasteiger partial charge in [0.15, 0.2) is 0 Å². The molecule has 0 aliphatic carbocycles. The lowest BCUT2D eigenvalue weighted by atomic mass is 10.1. The Morgan fingerprint density at radius 1 is 0.913 bits per heavy atom. The van der Waals surface area contributed by atoms with E-state index >= 15 is 0 Å². The summed E-state index contributed by atoms with van der Waals surface area (Å²) in [7, 11) is 0. The van der Waals surface area contributed by atoms with Crippen LogP contribution in [-0.2, 0) is 17.8 Å². The predicted octanol–water partition coefficient (Wildman–Crippen LogP) is 3.40. The fraction of sp³-hybridized carbons (Fsp3) is 0.278. The molecule has 0 bridgehead atoms. The van der Waals surface area contributed by atoms with Gasteiger partial charge in [-0.3, -0.25) is 4.90 Å². The zero-order valence-electron chi connectivity index (χ0n) is 13.5. The molecule has 4 N–H and O–H groups in total. The van der Waals surface area contributed by atoms with Crippen LogP contribution in [-0.4, -0.2) is 17.1 Å². The van der Waals surface area contributed by atoms with Gasteiger partial charge in [0.25, 0.3) is 0 Å². The largest absolute Gasteiger partial charge is 0.447 e. The predicted molar refractivity (Wildman–Crippen MR) is 92.6 cm³/mol. The summed E-state index contributed by atoms with van der Waals surface area (Å²) < 4.78 is 5.34. The highest BCUT2D eigenvalue weighted by atomic mass is 16.6. The molecule has 122 valence electrons. The quantitative estimate of drug-likeness (QED) is 0.829. The van der Waals surface area contributed by atoms with Crippen LogP contribution in [0, 0.1) is 0 Å². The monoisotopic (exact) mass is 313 g/mol. The molecule has 2 aromatic carbocycles. The van der Waals surface area contributed by atoms with Crippen molar-refractivity contribution in [1.29, 1.82) is 0 Å². The highest BCUT2D eigenvalue weighted by molar-refractivity contribution is 5.68. The minimum atomic E-state index is -0.339. The van der Waals surface area contributed by atoms with Gasteiger partial charge in [0, 0.05) is 24.5 Å². The number of nitrogen functional groups attached to an aromatic ring is 2. The van der Waals surface area contributed by atoms with Gasteiger partial charge in [0.05, 0.1) is 6.10 Å². The molecular formula is C18H23N3O2. The molecule has 0 saturated heterocycles. The van der Waals surface area contributed by atoms with Crippen LogP contribution in [0.5, 0.6) is 0 Å². The molecule has 23 heavy (non-hydrogen) atoms. The van der Waals surface area contributed by atoms with Crippen molar-refractivity contribution in [2.24, 2.45) is 0 Å². The SMILES string of the molecule is CC(C)OC(=O)N(Cc1ccc(N)cc1)Cc1ccc(N)cc1. The van der Waals surface area contributed by atoms with Gasteiger partial charge in [-0.1, -0.05) is 24.3 Å². The van der Waals surface area contributed by atoms with Crippen LogP contribution >= 0.6 is 0 Å². The first-order chi connectivity index (χ1) is 10.9. The van der Waals surface area contributed by atoms with Gasteiger partial charge in [0.2, 0.25) is 0 Å². The number of anilines is 2. The summed E-state index contributed by atoms with van der Waals surface area (Å²) in [6.07, 6.45) is -0.503. The van der Waals surface area contributed by atoms with E-state index in [1.807, 2.05) is 62.4 Å². The van der Waals surface area contributed by atoms with E-state index in [0.29, 0.717) is 24.5 Å². The second-order valence-corrected chi connectivity index (χ2v) is 5.77.